The Kier molecular flexibility index (Phi) is 5.51. The van der Waals surface area contributed by atoms with Crippen LogP contribution in [0, 0.1) is 11.6 Å². The number of methoxy groups -OCH3 is 1. The van der Waals surface area contributed by atoms with Gasteiger partial charge in [0.15, 0.2) is 0 Å². The number of nitrogens with two attached hydrogens (primary N) is 1. The van der Waals surface area contributed by atoms with Gasteiger partial charge in [-0.25, -0.2) is 8.78 Å². The first kappa shape index (κ1) is 17.9. The van der Waals surface area contributed by atoms with Gasteiger partial charge in [0, 0.05) is 31.3 Å². The number of likely N-dealkylation sites (N-methyl/N-ethyl adjacent to an activating group) is 1. The SMILES string of the molecule is COc1ccc(-c2ccc(C(=O)N(C)C(C)CN)c(F)c2)c(F)c1. The monoisotopic (exact) mass is 334 g/mol. The number of benzene rings is 2. The first-order valence-electron chi connectivity index (χ1n) is 7.49. The molecule has 0 spiro atoms. The van der Waals surface area contributed by atoms with Gasteiger partial charge in [0.25, 0.3) is 5.91 Å². The summed E-state index contributed by atoms with van der Waals surface area (Å²) in [5.41, 5.74) is 6.03. The maximum Gasteiger partial charge on any atom is 0.256 e. The second-order valence-corrected chi connectivity index (χ2v) is 5.54. The Hall–Kier alpha value is -2.47. The van der Waals surface area contributed by atoms with E-state index in [0.717, 1.165) is 6.07 Å². The first-order valence-corrected chi connectivity index (χ1v) is 7.49. The summed E-state index contributed by atoms with van der Waals surface area (Å²) in [6, 6.07) is 8.13. The van der Waals surface area contributed by atoms with Crippen LogP contribution in [0.3, 0.4) is 0 Å². The molecule has 0 aliphatic rings. The van der Waals surface area contributed by atoms with E-state index in [9.17, 15) is 13.6 Å². The highest BCUT2D eigenvalue weighted by Gasteiger charge is 2.20. The van der Waals surface area contributed by atoms with E-state index < -0.39 is 17.5 Å². The van der Waals surface area contributed by atoms with E-state index in [-0.39, 0.29) is 23.7 Å². The molecule has 128 valence electrons. The van der Waals surface area contributed by atoms with E-state index in [1.165, 1.54) is 36.3 Å². The number of carbonyl (C=O) groups excluding carboxylic acids is 1. The van der Waals surface area contributed by atoms with Crippen LogP contribution < -0.4 is 10.5 Å². The Morgan fingerprint density at radius 1 is 1.21 bits per heavy atom. The molecule has 2 rings (SSSR count). The summed E-state index contributed by atoms with van der Waals surface area (Å²) in [5.74, 6) is -1.32. The second kappa shape index (κ2) is 7.40. The molecule has 0 bridgehead atoms. The third-order valence-electron chi connectivity index (χ3n) is 4.01. The molecule has 2 aromatic rings. The average Bonchev–Trinajstić information content (AvgIpc) is 2.59. The van der Waals surface area contributed by atoms with Crippen LogP contribution in [0.15, 0.2) is 36.4 Å². The standard InChI is InChI=1S/C18H20F2N2O2/c1-11(10-21)22(2)18(23)15-6-4-12(8-16(15)19)14-7-5-13(24-3)9-17(14)20/h4-9,11H,10,21H2,1-3H3. The summed E-state index contributed by atoms with van der Waals surface area (Å²) in [6.07, 6.45) is 0. The number of rotatable bonds is 5. The van der Waals surface area contributed by atoms with Crippen LogP contribution in [0.2, 0.25) is 0 Å². The molecule has 1 atom stereocenters. The Morgan fingerprint density at radius 2 is 1.92 bits per heavy atom. The third kappa shape index (κ3) is 3.54. The zero-order valence-corrected chi connectivity index (χ0v) is 13.8. The quantitative estimate of drug-likeness (QED) is 0.914. The van der Waals surface area contributed by atoms with Crippen LogP contribution in [0.4, 0.5) is 8.78 Å². The summed E-state index contributed by atoms with van der Waals surface area (Å²) < 4.78 is 33.4. The molecule has 0 fully saturated rings. The number of ether oxygens (including phenoxy) is 1. The maximum atomic E-state index is 14.4. The van der Waals surface area contributed by atoms with Crippen molar-refractivity contribution in [3.63, 3.8) is 0 Å². The van der Waals surface area contributed by atoms with Crippen LogP contribution in [0.1, 0.15) is 17.3 Å². The van der Waals surface area contributed by atoms with Crippen molar-refractivity contribution in [2.75, 3.05) is 20.7 Å². The lowest BCUT2D eigenvalue weighted by Gasteiger charge is -2.24. The van der Waals surface area contributed by atoms with Gasteiger partial charge in [-0.3, -0.25) is 4.79 Å². The van der Waals surface area contributed by atoms with Crippen LogP contribution >= 0.6 is 0 Å². The topological polar surface area (TPSA) is 55.6 Å². The highest BCUT2D eigenvalue weighted by atomic mass is 19.1. The van der Waals surface area contributed by atoms with E-state index in [1.807, 2.05) is 0 Å². The molecule has 2 aromatic carbocycles. The predicted molar refractivity (Wildman–Crippen MR) is 89.0 cm³/mol. The van der Waals surface area contributed by atoms with Gasteiger partial charge in [0.05, 0.1) is 12.7 Å². The lowest BCUT2D eigenvalue weighted by atomic mass is 10.0. The number of amides is 1. The molecule has 0 radical (unpaired) electrons. The minimum atomic E-state index is -0.705. The fourth-order valence-corrected chi connectivity index (χ4v) is 2.26. The Bertz CT molecular complexity index is 750. The van der Waals surface area contributed by atoms with Gasteiger partial charge in [0.2, 0.25) is 0 Å². The summed E-state index contributed by atoms with van der Waals surface area (Å²) in [5, 5.41) is 0. The Labute approximate surface area is 139 Å². The highest BCUT2D eigenvalue weighted by molar-refractivity contribution is 5.95. The van der Waals surface area contributed by atoms with Gasteiger partial charge in [-0.15, -0.1) is 0 Å². The van der Waals surface area contributed by atoms with Crippen molar-refractivity contribution < 1.29 is 18.3 Å². The largest absolute Gasteiger partial charge is 0.497 e. The minimum absolute atomic E-state index is 0.0736. The van der Waals surface area contributed by atoms with Crippen LogP contribution in [-0.4, -0.2) is 37.6 Å². The number of nitrogens with zero attached hydrogens (tertiary/aromatic N) is 1. The molecule has 4 nitrogen and oxygen atoms in total. The molecule has 1 unspecified atom stereocenters. The van der Waals surface area contributed by atoms with Crippen molar-refractivity contribution in [3.05, 3.63) is 53.6 Å². The lowest BCUT2D eigenvalue weighted by Crippen LogP contribution is -2.40. The third-order valence-corrected chi connectivity index (χ3v) is 4.01. The maximum absolute atomic E-state index is 14.4. The smallest absolute Gasteiger partial charge is 0.256 e. The molecule has 0 aliphatic carbocycles. The van der Waals surface area contributed by atoms with Crippen molar-refractivity contribution in [1.29, 1.82) is 0 Å². The fourth-order valence-electron chi connectivity index (χ4n) is 2.26. The Morgan fingerprint density at radius 3 is 2.46 bits per heavy atom. The summed E-state index contributed by atoms with van der Waals surface area (Å²) >= 11 is 0. The summed E-state index contributed by atoms with van der Waals surface area (Å²) in [4.78, 5) is 13.7. The molecular weight excluding hydrogens is 314 g/mol. The molecule has 0 aromatic heterocycles. The van der Waals surface area contributed by atoms with Crippen LogP contribution in [-0.2, 0) is 0 Å². The van der Waals surface area contributed by atoms with Gasteiger partial charge in [-0.2, -0.15) is 0 Å². The van der Waals surface area contributed by atoms with E-state index in [1.54, 1.807) is 20.0 Å². The van der Waals surface area contributed by atoms with E-state index >= 15 is 0 Å². The van der Waals surface area contributed by atoms with Gasteiger partial charge < -0.3 is 15.4 Å². The number of carbonyl (C=O) groups is 1. The highest BCUT2D eigenvalue weighted by Crippen LogP contribution is 2.28. The zero-order chi connectivity index (χ0) is 17.9. The van der Waals surface area contributed by atoms with E-state index in [4.69, 9.17) is 10.5 Å². The molecule has 0 saturated carbocycles. The molecule has 0 saturated heterocycles. The molecule has 0 aliphatic heterocycles. The van der Waals surface area contributed by atoms with Crippen molar-refractivity contribution >= 4 is 5.91 Å². The molecule has 24 heavy (non-hydrogen) atoms. The van der Waals surface area contributed by atoms with Gasteiger partial charge in [0.1, 0.15) is 17.4 Å². The van der Waals surface area contributed by atoms with Crippen molar-refractivity contribution in [2.24, 2.45) is 5.73 Å². The summed E-state index contributed by atoms with van der Waals surface area (Å²) in [6.45, 7) is 2.05. The lowest BCUT2D eigenvalue weighted by molar-refractivity contribution is 0.0743. The van der Waals surface area contributed by atoms with Crippen LogP contribution in [0.5, 0.6) is 5.75 Å². The fraction of sp³-hybridized carbons (Fsp3) is 0.278. The van der Waals surface area contributed by atoms with Crippen molar-refractivity contribution in [3.8, 4) is 16.9 Å². The van der Waals surface area contributed by atoms with Crippen molar-refractivity contribution in [1.82, 2.24) is 4.90 Å². The first-order chi connectivity index (χ1) is 11.4. The average molecular weight is 334 g/mol. The zero-order valence-electron chi connectivity index (χ0n) is 13.8. The van der Waals surface area contributed by atoms with Crippen LogP contribution in [0.25, 0.3) is 11.1 Å². The minimum Gasteiger partial charge on any atom is -0.497 e. The molecular formula is C18H20F2N2O2. The van der Waals surface area contributed by atoms with E-state index in [2.05, 4.69) is 0 Å². The normalized spacial score (nSPS) is 11.9. The molecule has 0 heterocycles. The van der Waals surface area contributed by atoms with Crippen molar-refractivity contribution in [2.45, 2.75) is 13.0 Å². The number of hydrogen-bond acceptors (Lipinski definition) is 3. The molecule has 2 N–H and O–H groups in total. The van der Waals surface area contributed by atoms with Gasteiger partial charge in [-0.05, 0) is 36.8 Å². The number of hydrogen-bond donors (Lipinski definition) is 1. The number of halogens is 2. The Balaban J connectivity index is 2.35. The summed E-state index contributed by atoms with van der Waals surface area (Å²) in [7, 11) is 3.00. The molecule has 1 amide bonds. The molecule has 6 heteroatoms. The predicted octanol–water partition coefficient (Wildman–Crippen LogP) is 3.06. The second-order valence-electron chi connectivity index (χ2n) is 5.54. The van der Waals surface area contributed by atoms with Gasteiger partial charge in [-0.1, -0.05) is 6.07 Å². The van der Waals surface area contributed by atoms with E-state index in [0.29, 0.717) is 11.3 Å². The van der Waals surface area contributed by atoms with Gasteiger partial charge >= 0.3 is 0 Å².